The summed E-state index contributed by atoms with van der Waals surface area (Å²) < 4.78 is 15.7. The van der Waals surface area contributed by atoms with Gasteiger partial charge in [0.05, 0.1) is 26.2 Å². The van der Waals surface area contributed by atoms with E-state index in [9.17, 15) is 9.59 Å². The van der Waals surface area contributed by atoms with Crippen molar-refractivity contribution >= 4 is 11.9 Å². The Hall–Kier alpha value is -1.20. The van der Waals surface area contributed by atoms with Gasteiger partial charge in [-0.2, -0.15) is 0 Å². The molecule has 0 bridgehead atoms. The van der Waals surface area contributed by atoms with Crippen molar-refractivity contribution in [2.45, 2.75) is 26.7 Å². The molecule has 0 unspecified atom stereocenters. The maximum absolute atomic E-state index is 11.5. The summed E-state index contributed by atoms with van der Waals surface area (Å²) in [7, 11) is 0. The molecule has 0 fully saturated rings. The monoisotopic (exact) mass is 301 g/mol. The number of carbonyl (C=O) groups is 1. The van der Waals surface area contributed by atoms with Crippen molar-refractivity contribution in [2.24, 2.45) is 0 Å². The van der Waals surface area contributed by atoms with Crippen molar-refractivity contribution in [3.63, 3.8) is 0 Å². The van der Waals surface area contributed by atoms with Gasteiger partial charge in [-0.25, -0.2) is 4.79 Å². The molecule has 0 aliphatic rings. The largest absolute Gasteiger partial charge is 0.465 e. The van der Waals surface area contributed by atoms with Gasteiger partial charge in [0.1, 0.15) is 5.94 Å². The Morgan fingerprint density at radius 1 is 1.05 bits per heavy atom. The molecule has 0 aliphatic carbocycles. The summed E-state index contributed by atoms with van der Waals surface area (Å²) >= 11 is 0. The third-order valence-corrected chi connectivity index (χ3v) is 2.75. The van der Waals surface area contributed by atoms with E-state index in [0.717, 1.165) is 13.1 Å². The van der Waals surface area contributed by atoms with Crippen molar-refractivity contribution in [3.05, 3.63) is 6.08 Å². The molecule has 0 saturated carbocycles. The Balaban J connectivity index is 3.89. The minimum Gasteiger partial charge on any atom is -0.465 e. The maximum Gasteiger partial charge on any atom is 0.307 e. The highest BCUT2D eigenvalue weighted by Gasteiger charge is 2.09. The lowest BCUT2D eigenvalue weighted by Gasteiger charge is -2.21. The first-order valence-corrected chi connectivity index (χ1v) is 7.47. The molecule has 0 aromatic rings. The Kier molecular flexibility index (Phi) is 14.3. The van der Waals surface area contributed by atoms with E-state index in [0.29, 0.717) is 45.8 Å². The normalized spacial score (nSPS) is 10.4. The van der Waals surface area contributed by atoms with Crippen LogP contribution < -0.4 is 0 Å². The van der Waals surface area contributed by atoms with E-state index in [1.54, 1.807) is 5.94 Å². The first kappa shape index (κ1) is 19.8. The van der Waals surface area contributed by atoms with Crippen LogP contribution in [0.25, 0.3) is 0 Å². The Morgan fingerprint density at radius 2 is 1.67 bits per heavy atom. The zero-order valence-corrected chi connectivity index (χ0v) is 13.1. The molecule has 0 atom stereocenters. The van der Waals surface area contributed by atoms with E-state index in [-0.39, 0.29) is 12.6 Å². The SMILES string of the molecule is CCOCCN(CCOCC)CCC(=O)OCCC=C=O. The summed E-state index contributed by atoms with van der Waals surface area (Å²) in [5.41, 5.74) is 0. The third kappa shape index (κ3) is 13.5. The number of hydrogen-bond donors (Lipinski definition) is 0. The predicted octanol–water partition coefficient (Wildman–Crippen LogP) is 1.07. The van der Waals surface area contributed by atoms with Crippen molar-refractivity contribution in [1.82, 2.24) is 4.90 Å². The third-order valence-electron chi connectivity index (χ3n) is 2.75. The second-order valence-electron chi connectivity index (χ2n) is 4.32. The van der Waals surface area contributed by atoms with Crippen LogP contribution >= 0.6 is 0 Å². The molecule has 6 heteroatoms. The van der Waals surface area contributed by atoms with E-state index in [1.165, 1.54) is 6.08 Å². The summed E-state index contributed by atoms with van der Waals surface area (Å²) in [5, 5.41) is 0. The van der Waals surface area contributed by atoms with Gasteiger partial charge in [-0.3, -0.25) is 9.69 Å². The average Bonchev–Trinajstić information content (AvgIpc) is 2.49. The molecule has 0 radical (unpaired) electrons. The van der Waals surface area contributed by atoms with E-state index >= 15 is 0 Å². The first-order valence-electron chi connectivity index (χ1n) is 7.47. The van der Waals surface area contributed by atoms with E-state index in [1.807, 2.05) is 13.8 Å². The number of ether oxygens (including phenoxy) is 3. The Labute approximate surface area is 127 Å². The zero-order chi connectivity index (χ0) is 15.8. The maximum atomic E-state index is 11.5. The van der Waals surface area contributed by atoms with Gasteiger partial charge < -0.3 is 14.2 Å². The van der Waals surface area contributed by atoms with Gasteiger partial charge in [0.15, 0.2) is 0 Å². The summed E-state index contributed by atoms with van der Waals surface area (Å²) in [6.07, 6.45) is 2.04. The number of rotatable bonds is 14. The first-order chi connectivity index (χ1) is 10.2. The van der Waals surface area contributed by atoms with Crippen LogP contribution in [0.5, 0.6) is 0 Å². The van der Waals surface area contributed by atoms with E-state index in [4.69, 9.17) is 14.2 Å². The second-order valence-corrected chi connectivity index (χ2v) is 4.32. The van der Waals surface area contributed by atoms with Crippen LogP contribution in [0.4, 0.5) is 0 Å². The standard InChI is InChI=1S/C15H27NO5/c1-3-19-13-9-16(10-14-20-4-2)8-7-15(18)21-12-6-5-11-17/h5H,3-4,6-10,12-14H2,1-2H3. The smallest absolute Gasteiger partial charge is 0.307 e. The molecular weight excluding hydrogens is 274 g/mol. The Bertz CT molecular complexity index is 292. The minimum atomic E-state index is -0.257. The lowest BCUT2D eigenvalue weighted by Crippen LogP contribution is -2.33. The highest BCUT2D eigenvalue weighted by atomic mass is 16.5. The second kappa shape index (κ2) is 15.2. The minimum absolute atomic E-state index is 0.228. The molecule has 0 spiro atoms. The fourth-order valence-corrected chi connectivity index (χ4v) is 1.62. The van der Waals surface area contributed by atoms with Gasteiger partial charge >= 0.3 is 5.97 Å². The molecule has 0 aliphatic heterocycles. The molecule has 0 amide bonds. The quantitative estimate of drug-likeness (QED) is 0.272. The molecule has 21 heavy (non-hydrogen) atoms. The van der Waals surface area contributed by atoms with Crippen molar-refractivity contribution < 1.29 is 23.8 Å². The summed E-state index contributed by atoms with van der Waals surface area (Å²) in [6, 6.07) is 0. The fraction of sp³-hybridized carbons (Fsp3) is 0.800. The van der Waals surface area contributed by atoms with Crippen LogP contribution in [0.3, 0.4) is 0 Å². The highest BCUT2D eigenvalue weighted by molar-refractivity contribution is 5.69. The molecular formula is C15H27NO5. The van der Waals surface area contributed by atoms with Gasteiger partial charge in [-0.1, -0.05) is 0 Å². The topological polar surface area (TPSA) is 65.1 Å². The zero-order valence-electron chi connectivity index (χ0n) is 13.1. The molecule has 6 nitrogen and oxygen atoms in total. The van der Waals surface area contributed by atoms with Crippen LogP contribution in [0.1, 0.15) is 26.7 Å². The summed E-state index contributed by atoms with van der Waals surface area (Å²) in [6.45, 7) is 8.94. The average molecular weight is 301 g/mol. The number of nitrogens with zero attached hydrogens (tertiary/aromatic N) is 1. The summed E-state index contributed by atoms with van der Waals surface area (Å²) in [5.74, 6) is 1.39. The molecule has 0 N–H and O–H groups in total. The molecule has 0 saturated heterocycles. The lowest BCUT2D eigenvalue weighted by atomic mass is 10.3. The van der Waals surface area contributed by atoms with Crippen LogP contribution in [0, 0.1) is 0 Å². The Morgan fingerprint density at radius 3 is 2.19 bits per heavy atom. The van der Waals surface area contributed by atoms with Gasteiger partial charge in [0.25, 0.3) is 0 Å². The van der Waals surface area contributed by atoms with Crippen LogP contribution in [-0.4, -0.2) is 69.5 Å². The molecule has 0 rings (SSSR count). The van der Waals surface area contributed by atoms with E-state index < -0.39 is 0 Å². The van der Waals surface area contributed by atoms with Crippen LogP contribution in [0.15, 0.2) is 6.08 Å². The lowest BCUT2D eigenvalue weighted by molar-refractivity contribution is -0.143. The summed E-state index contributed by atoms with van der Waals surface area (Å²) in [4.78, 5) is 23.6. The molecule has 0 aromatic carbocycles. The van der Waals surface area contributed by atoms with Crippen molar-refractivity contribution in [2.75, 3.05) is 52.7 Å². The number of carbonyl (C=O) groups excluding carboxylic acids is 2. The van der Waals surface area contributed by atoms with Gasteiger partial charge in [0, 0.05) is 45.3 Å². The van der Waals surface area contributed by atoms with Crippen molar-refractivity contribution in [1.29, 1.82) is 0 Å². The molecule has 122 valence electrons. The van der Waals surface area contributed by atoms with Gasteiger partial charge in [-0.05, 0) is 13.8 Å². The highest BCUT2D eigenvalue weighted by Crippen LogP contribution is 1.96. The molecule has 0 heterocycles. The van der Waals surface area contributed by atoms with Gasteiger partial charge in [-0.15, -0.1) is 0 Å². The van der Waals surface area contributed by atoms with E-state index in [2.05, 4.69) is 4.90 Å². The van der Waals surface area contributed by atoms with Crippen molar-refractivity contribution in [3.8, 4) is 0 Å². The number of hydrogen-bond acceptors (Lipinski definition) is 6. The van der Waals surface area contributed by atoms with Crippen LogP contribution in [0.2, 0.25) is 0 Å². The van der Waals surface area contributed by atoms with Crippen LogP contribution in [-0.2, 0) is 23.8 Å². The fourth-order valence-electron chi connectivity index (χ4n) is 1.62. The predicted molar refractivity (Wildman–Crippen MR) is 79.9 cm³/mol. The molecule has 0 aromatic heterocycles. The van der Waals surface area contributed by atoms with Gasteiger partial charge in [0.2, 0.25) is 0 Å². The number of esters is 1.